The molecule has 0 aromatic heterocycles. The first-order valence-electron chi connectivity index (χ1n) is 6.59. The van der Waals surface area contributed by atoms with Gasteiger partial charge in [0.15, 0.2) is 0 Å². The van der Waals surface area contributed by atoms with Crippen LogP contribution in [0, 0.1) is 5.82 Å². The molecule has 3 rings (SSSR count). The Bertz CT molecular complexity index is 582. The standard InChI is InChI=1S/C16H15BrFNO/c17-12-6-7-13(14(18)8-12)16-9-19-15(10-20-16)11-4-2-1-3-5-11/h1-8,15-16,19H,9-10H2. The van der Waals surface area contributed by atoms with Gasteiger partial charge in [-0.05, 0) is 17.7 Å². The Balaban J connectivity index is 1.69. The van der Waals surface area contributed by atoms with Gasteiger partial charge in [-0.2, -0.15) is 0 Å². The van der Waals surface area contributed by atoms with Crippen molar-refractivity contribution in [2.24, 2.45) is 0 Å². The Labute approximate surface area is 126 Å². The number of halogens is 2. The van der Waals surface area contributed by atoms with Gasteiger partial charge in [0.2, 0.25) is 0 Å². The fraction of sp³-hybridized carbons (Fsp3) is 0.250. The molecule has 20 heavy (non-hydrogen) atoms. The molecule has 2 nitrogen and oxygen atoms in total. The molecule has 2 atom stereocenters. The lowest BCUT2D eigenvalue weighted by Crippen LogP contribution is -2.37. The summed E-state index contributed by atoms with van der Waals surface area (Å²) in [4.78, 5) is 0. The second-order valence-corrected chi connectivity index (χ2v) is 5.78. The summed E-state index contributed by atoms with van der Waals surface area (Å²) in [5.41, 5.74) is 1.80. The smallest absolute Gasteiger partial charge is 0.130 e. The zero-order valence-electron chi connectivity index (χ0n) is 10.9. The molecular formula is C16H15BrFNO. The van der Waals surface area contributed by atoms with Crippen LogP contribution in [0.15, 0.2) is 53.0 Å². The molecule has 1 N–H and O–H groups in total. The highest BCUT2D eigenvalue weighted by atomic mass is 79.9. The quantitative estimate of drug-likeness (QED) is 0.895. The van der Waals surface area contributed by atoms with Crippen molar-refractivity contribution in [1.29, 1.82) is 0 Å². The minimum absolute atomic E-state index is 0.172. The summed E-state index contributed by atoms with van der Waals surface area (Å²) in [7, 11) is 0. The second-order valence-electron chi connectivity index (χ2n) is 4.86. The number of nitrogens with one attached hydrogen (secondary N) is 1. The van der Waals surface area contributed by atoms with Crippen molar-refractivity contribution in [3.8, 4) is 0 Å². The van der Waals surface area contributed by atoms with E-state index in [0.29, 0.717) is 18.7 Å². The van der Waals surface area contributed by atoms with Gasteiger partial charge in [0.25, 0.3) is 0 Å². The summed E-state index contributed by atoms with van der Waals surface area (Å²) in [6.07, 6.45) is -0.233. The molecule has 0 saturated carbocycles. The van der Waals surface area contributed by atoms with Gasteiger partial charge in [-0.1, -0.05) is 52.3 Å². The molecule has 0 spiro atoms. The third-order valence-electron chi connectivity index (χ3n) is 3.53. The van der Waals surface area contributed by atoms with Gasteiger partial charge >= 0.3 is 0 Å². The molecule has 1 saturated heterocycles. The SMILES string of the molecule is Fc1cc(Br)ccc1C1CNC(c2ccccc2)CO1. The Morgan fingerprint density at radius 1 is 1.15 bits per heavy atom. The van der Waals surface area contributed by atoms with E-state index in [4.69, 9.17) is 4.74 Å². The zero-order valence-corrected chi connectivity index (χ0v) is 12.4. The lowest BCUT2D eigenvalue weighted by atomic mass is 10.0. The molecule has 2 unspecified atom stereocenters. The van der Waals surface area contributed by atoms with Crippen LogP contribution in [0.1, 0.15) is 23.3 Å². The average molecular weight is 336 g/mol. The van der Waals surface area contributed by atoms with E-state index >= 15 is 0 Å². The molecule has 2 aromatic rings. The van der Waals surface area contributed by atoms with Crippen molar-refractivity contribution < 1.29 is 9.13 Å². The minimum Gasteiger partial charge on any atom is -0.370 e. The van der Waals surface area contributed by atoms with Crippen LogP contribution in [0.4, 0.5) is 4.39 Å². The van der Waals surface area contributed by atoms with E-state index in [1.807, 2.05) is 24.3 Å². The fourth-order valence-electron chi connectivity index (χ4n) is 2.44. The Morgan fingerprint density at radius 3 is 2.60 bits per heavy atom. The summed E-state index contributed by atoms with van der Waals surface area (Å²) >= 11 is 3.26. The van der Waals surface area contributed by atoms with E-state index in [2.05, 4.69) is 33.4 Å². The highest BCUT2D eigenvalue weighted by Gasteiger charge is 2.25. The summed E-state index contributed by atoms with van der Waals surface area (Å²) in [5, 5.41) is 3.42. The molecule has 0 aliphatic carbocycles. The summed E-state index contributed by atoms with van der Waals surface area (Å²) in [6, 6.07) is 15.4. The molecule has 1 fully saturated rings. The van der Waals surface area contributed by atoms with Crippen LogP contribution in [-0.4, -0.2) is 13.2 Å². The topological polar surface area (TPSA) is 21.3 Å². The Hall–Kier alpha value is -1.23. The summed E-state index contributed by atoms with van der Waals surface area (Å²) in [5.74, 6) is -0.232. The Morgan fingerprint density at radius 2 is 1.95 bits per heavy atom. The molecule has 4 heteroatoms. The Kier molecular flexibility index (Phi) is 4.15. The van der Waals surface area contributed by atoms with Crippen LogP contribution in [0.2, 0.25) is 0 Å². The number of ether oxygens (including phenoxy) is 1. The van der Waals surface area contributed by atoms with E-state index in [-0.39, 0.29) is 18.0 Å². The van der Waals surface area contributed by atoms with Gasteiger partial charge in [0.05, 0.1) is 18.8 Å². The van der Waals surface area contributed by atoms with Crippen LogP contribution in [0.25, 0.3) is 0 Å². The molecule has 2 aromatic carbocycles. The third-order valence-corrected chi connectivity index (χ3v) is 4.02. The first-order valence-corrected chi connectivity index (χ1v) is 7.38. The van der Waals surface area contributed by atoms with E-state index < -0.39 is 0 Å². The minimum atomic E-state index is -0.233. The molecule has 104 valence electrons. The van der Waals surface area contributed by atoms with Crippen molar-refractivity contribution >= 4 is 15.9 Å². The van der Waals surface area contributed by atoms with Crippen LogP contribution in [0.3, 0.4) is 0 Å². The number of hydrogen-bond acceptors (Lipinski definition) is 2. The first kappa shape index (κ1) is 13.7. The fourth-order valence-corrected chi connectivity index (χ4v) is 2.77. The van der Waals surface area contributed by atoms with Crippen molar-refractivity contribution in [3.63, 3.8) is 0 Å². The highest BCUT2D eigenvalue weighted by Crippen LogP contribution is 2.28. The largest absolute Gasteiger partial charge is 0.370 e. The number of morpholine rings is 1. The molecule has 1 aliphatic heterocycles. The molecule has 0 amide bonds. The highest BCUT2D eigenvalue weighted by molar-refractivity contribution is 9.10. The summed E-state index contributed by atoms with van der Waals surface area (Å²) in [6.45, 7) is 1.16. The van der Waals surface area contributed by atoms with Crippen LogP contribution >= 0.6 is 15.9 Å². The number of hydrogen-bond donors (Lipinski definition) is 1. The third kappa shape index (κ3) is 2.92. The normalized spacial score (nSPS) is 22.7. The average Bonchev–Trinajstić information content (AvgIpc) is 2.48. The van der Waals surface area contributed by atoms with Gasteiger partial charge < -0.3 is 10.1 Å². The van der Waals surface area contributed by atoms with Crippen molar-refractivity contribution in [1.82, 2.24) is 5.32 Å². The second kappa shape index (κ2) is 6.04. The van der Waals surface area contributed by atoms with Crippen LogP contribution < -0.4 is 5.32 Å². The summed E-state index contributed by atoms with van der Waals surface area (Å²) < 4.78 is 20.5. The molecule has 1 heterocycles. The van der Waals surface area contributed by atoms with Gasteiger partial charge in [0, 0.05) is 16.6 Å². The molecular weight excluding hydrogens is 321 g/mol. The first-order chi connectivity index (χ1) is 9.74. The lowest BCUT2D eigenvalue weighted by molar-refractivity contribution is 0.000492. The monoisotopic (exact) mass is 335 g/mol. The van der Waals surface area contributed by atoms with Crippen LogP contribution in [-0.2, 0) is 4.74 Å². The van der Waals surface area contributed by atoms with E-state index in [0.717, 1.165) is 4.47 Å². The van der Waals surface area contributed by atoms with E-state index in [1.165, 1.54) is 11.6 Å². The predicted molar refractivity (Wildman–Crippen MR) is 80.0 cm³/mol. The van der Waals surface area contributed by atoms with Gasteiger partial charge in [-0.15, -0.1) is 0 Å². The van der Waals surface area contributed by atoms with Gasteiger partial charge in [-0.3, -0.25) is 0 Å². The van der Waals surface area contributed by atoms with Crippen LogP contribution in [0.5, 0.6) is 0 Å². The maximum Gasteiger partial charge on any atom is 0.130 e. The lowest BCUT2D eigenvalue weighted by Gasteiger charge is -2.31. The van der Waals surface area contributed by atoms with Gasteiger partial charge in [-0.25, -0.2) is 4.39 Å². The van der Waals surface area contributed by atoms with Gasteiger partial charge in [0.1, 0.15) is 5.82 Å². The molecule has 0 radical (unpaired) electrons. The maximum absolute atomic E-state index is 13.9. The number of rotatable bonds is 2. The molecule has 0 bridgehead atoms. The molecule has 1 aliphatic rings. The number of benzene rings is 2. The van der Waals surface area contributed by atoms with E-state index in [1.54, 1.807) is 6.07 Å². The van der Waals surface area contributed by atoms with E-state index in [9.17, 15) is 4.39 Å². The maximum atomic E-state index is 13.9. The predicted octanol–water partition coefficient (Wildman–Crippen LogP) is 3.99. The van der Waals surface area contributed by atoms with Crippen molar-refractivity contribution in [2.45, 2.75) is 12.1 Å². The van der Waals surface area contributed by atoms with Crippen molar-refractivity contribution in [2.75, 3.05) is 13.2 Å². The van der Waals surface area contributed by atoms with Crippen molar-refractivity contribution in [3.05, 3.63) is 69.9 Å². The zero-order chi connectivity index (χ0) is 13.9.